The number of carbonyl (C=O) groups excluding carboxylic acids is 2. The van der Waals surface area contributed by atoms with Crippen molar-refractivity contribution >= 4 is 28.6 Å². The van der Waals surface area contributed by atoms with Gasteiger partial charge in [0.05, 0.1) is 16.7 Å². The predicted molar refractivity (Wildman–Crippen MR) is 81.2 cm³/mol. The molecule has 0 spiro atoms. The Kier molecular flexibility index (Phi) is 3.20. The van der Waals surface area contributed by atoms with Crippen LogP contribution < -0.4 is 5.32 Å². The molecule has 0 bridgehead atoms. The summed E-state index contributed by atoms with van der Waals surface area (Å²) < 4.78 is 0. The van der Waals surface area contributed by atoms with E-state index in [2.05, 4.69) is 5.32 Å². The predicted octanol–water partition coefficient (Wildman–Crippen LogP) is 2.62. The van der Waals surface area contributed by atoms with E-state index >= 15 is 0 Å². The smallest absolute Gasteiger partial charge is 0.336 e. The van der Waals surface area contributed by atoms with Gasteiger partial charge in [-0.2, -0.15) is 0 Å². The second kappa shape index (κ2) is 4.94. The topological polar surface area (TPSA) is 83.5 Å². The third-order valence-electron chi connectivity index (χ3n) is 3.80. The van der Waals surface area contributed by atoms with Gasteiger partial charge in [-0.25, -0.2) is 4.79 Å². The number of nitrogens with one attached hydrogen (secondary N) is 1. The quantitative estimate of drug-likeness (QED) is 0.853. The van der Waals surface area contributed by atoms with Crippen LogP contribution in [0, 0.1) is 5.92 Å². The minimum Gasteiger partial charge on any atom is -0.478 e. The van der Waals surface area contributed by atoms with Crippen LogP contribution in [0.1, 0.15) is 50.5 Å². The van der Waals surface area contributed by atoms with E-state index in [1.165, 1.54) is 6.07 Å². The summed E-state index contributed by atoms with van der Waals surface area (Å²) >= 11 is 0. The number of amides is 2. The van der Waals surface area contributed by atoms with Crippen molar-refractivity contribution in [3.63, 3.8) is 0 Å². The number of carbonyl (C=O) groups is 3. The van der Waals surface area contributed by atoms with Crippen molar-refractivity contribution < 1.29 is 19.5 Å². The van der Waals surface area contributed by atoms with Crippen LogP contribution in [0.2, 0.25) is 0 Å². The van der Waals surface area contributed by atoms with Crippen molar-refractivity contribution in [2.24, 2.45) is 5.92 Å². The van der Waals surface area contributed by atoms with Crippen molar-refractivity contribution in [1.29, 1.82) is 0 Å². The second-order valence-corrected chi connectivity index (χ2v) is 5.87. The number of imide groups is 1. The maximum Gasteiger partial charge on any atom is 0.336 e. The van der Waals surface area contributed by atoms with E-state index in [4.69, 9.17) is 0 Å². The zero-order valence-corrected chi connectivity index (χ0v) is 12.3. The van der Waals surface area contributed by atoms with E-state index in [1.54, 1.807) is 18.2 Å². The number of fused-ring (bicyclic) bond motifs is 3. The minimum absolute atomic E-state index is 0.137. The minimum atomic E-state index is -1.05. The van der Waals surface area contributed by atoms with E-state index in [-0.39, 0.29) is 11.5 Å². The van der Waals surface area contributed by atoms with Crippen molar-refractivity contribution in [2.45, 2.75) is 20.3 Å². The number of hydrogen-bond acceptors (Lipinski definition) is 3. The van der Waals surface area contributed by atoms with Crippen LogP contribution in [0.15, 0.2) is 24.3 Å². The Morgan fingerprint density at radius 1 is 1.14 bits per heavy atom. The molecule has 1 aliphatic rings. The van der Waals surface area contributed by atoms with E-state index in [0.717, 1.165) is 5.56 Å². The molecule has 5 heteroatoms. The number of rotatable bonds is 3. The zero-order valence-electron chi connectivity index (χ0n) is 12.3. The Balaban J connectivity index is 2.43. The molecule has 1 aliphatic heterocycles. The maximum atomic E-state index is 12.1. The van der Waals surface area contributed by atoms with Crippen LogP contribution in [0.4, 0.5) is 0 Å². The summed E-state index contributed by atoms with van der Waals surface area (Å²) in [7, 11) is 0. The summed E-state index contributed by atoms with van der Waals surface area (Å²) in [4.78, 5) is 35.6. The summed E-state index contributed by atoms with van der Waals surface area (Å²) in [6.07, 6.45) is 0.604. The molecule has 0 aromatic heterocycles. The lowest BCUT2D eigenvalue weighted by molar-refractivity contribution is 0.0698. The lowest BCUT2D eigenvalue weighted by Gasteiger charge is -2.13. The first-order valence-electron chi connectivity index (χ1n) is 7.07. The van der Waals surface area contributed by atoms with Gasteiger partial charge in [0, 0.05) is 0 Å². The van der Waals surface area contributed by atoms with Gasteiger partial charge >= 0.3 is 5.97 Å². The fraction of sp³-hybridized carbons (Fsp3) is 0.235. The normalized spacial score (nSPS) is 13.6. The summed E-state index contributed by atoms with van der Waals surface area (Å²) in [6, 6.07) is 6.50. The molecule has 2 aromatic carbocycles. The Labute approximate surface area is 126 Å². The highest BCUT2D eigenvalue weighted by Gasteiger charge is 2.32. The molecule has 112 valence electrons. The molecule has 0 atom stereocenters. The summed E-state index contributed by atoms with van der Waals surface area (Å²) in [6.45, 7) is 4.02. The van der Waals surface area contributed by atoms with E-state index in [9.17, 15) is 19.5 Å². The lowest BCUT2D eigenvalue weighted by atomic mass is 9.89. The molecule has 0 saturated heterocycles. The van der Waals surface area contributed by atoms with Gasteiger partial charge in [0.25, 0.3) is 11.8 Å². The summed E-state index contributed by atoms with van der Waals surface area (Å²) in [5.41, 5.74) is 1.53. The molecule has 0 unspecified atom stereocenters. The van der Waals surface area contributed by atoms with Crippen molar-refractivity contribution in [1.82, 2.24) is 5.32 Å². The zero-order chi connectivity index (χ0) is 16.0. The molecular weight excluding hydrogens is 282 g/mol. The van der Waals surface area contributed by atoms with Gasteiger partial charge in [0.1, 0.15) is 0 Å². The van der Waals surface area contributed by atoms with Crippen LogP contribution in [0.25, 0.3) is 10.8 Å². The third-order valence-corrected chi connectivity index (χ3v) is 3.80. The van der Waals surface area contributed by atoms with Gasteiger partial charge in [0.2, 0.25) is 0 Å². The lowest BCUT2D eigenvalue weighted by Crippen LogP contribution is -2.20. The highest BCUT2D eigenvalue weighted by atomic mass is 16.4. The number of benzene rings is 2. The molecule has 3 rings (SSSR count). The van der Waals surface area contributed by atoms with Gasteiger partial charge in [-0.05, 0) is 40.8 Å². The average molecular weight is 297 g/mol. The van der Waals surface area contributed by atoms with Gasteiger partial charge < -0.3 is 5.11 Å². The number of carboxylic acids is 1. The molecule has 0 radical (unpaired) electrons. The Morgan fingerprint density at radius 3 is 2.45 bits per heavy atom. The molecule has 0 fully saturated rings. The first-order chi connectivity index (χ1) is 10.4. The molecule has 1 heterocycles. The molecule has 2 N–H and O–H groups in total. The molecule has 2 aromatic rings. The molecular formula is C17H15NO4. The molecule has 0 saturated carbocycles. The van der Waals surface area contributed by atoms with E-state index in [1.807, 2.05) is 13.8 Å². The highest BCUT2D eigenvalue weighted by Crippen LogP contribution is 2.32. The van der Waals surface area contributed by atoms with Crippen molar-refractivity contribution in [2.75, 3.05) is 0 Å². The van der Waals surface area contributed by atoms with Crippen molar-refractivity contribution in [3.05, 3.63) is 46.5 Å². The monoisotopic (exact) mass is 297 g/mol. The van der Waals surface area contributed by atoms with Gasteiger partial charge in [-0.15, -0.1) is 0 Å². The van der Waals surface area contributed by atoms with Crippen LogP contribution in [0.3, 0.4) is 0 Å². The maximum absolute atomic E-state index is 12.1. The third kappa shape index (κ3) is 2.06. The Hall–Kier alpha value is -2.69. The fourth-order valence-corrected chi connectivity index (χ4v) is 2.99. The molecule has 2 amide bonds. The fourth-order valence-electron chi connectivity index (χ4n) is 2.99. The van der Waals surface area contributed by atoms with E-state index in [0.29, 0.717) is 28.3 Å². The van der Waals surface area contributed by atoms with Gasteiger partial charge in [-0.1, -0.05) is 26.0 Å². The highest BCUT2D eigenvalue weighted by molar-refractivity contribution is 6.28. The van der Waals surface area contributed by atoms with Crippen LogP contribution in [-0.4, -0.2) is 22.9 Å². The first-order valence-corrected chi connectivity index (χ1v) is 7.07. The SMILES string of the molecule is CC(C)Cc1cc2c(C(=O)O)cccc2c2c1C(=O)NC2=O. The molecule has 0 aliphatic carbocycles. The number of aromatic carboxylic acids is 1. The standard InChI is InChI=1S/C17H15NO4/c1-8(2)6-9-7-12-10(4-3-5-11(12)17(21)22)14-13(9)15(19)18-16(14)20/h3-5,7-8H,6H2,1-2H3,(H,21,22)(H,18,19,20). The number of hydrogen-bond donors (Lipinski definition) is 2. The Bertz CT molecular complexity index is 836. The summed E-state index contributed by atoms with van der Waals surface area (Å²) in [5, 5.41) is 12.7. The van der Waals surface area contributed by atoms with Gasteiger partial charge in [0.15, 0.2) is 0 Å². The van der Waals surface area contributed by atoms with Crippen LogP contribution >= 0.6 is 0 Å². The van der Waals surface area contributed by atoms with Crippen LogP contribution in [-0.2, 0) is 6.42 Å². The largest absolute Gasteiger partial charge is 0.478 e. The van der Waals surface area contributed by atoms with Gasteiger partial charge in [-0.3, -0.25) is 14.9 Å². The molecule has 22 heavy (non-hydrogen) atoms. The van der Waals surface area contributed by atoms with Crippen molar-refractivity contribution in [3.8, 4) is 0 Å². The van der Waals surface area contributed by atoms with Crippen LogP contribution in [0.5, 0.6) is 0 Å². The average Bonchev–Trinajstić information content (AvgIpc) is 2.73. The first kappa shape index (κ1) is 14.3. The summed E-state index contributed by atoms with van der Waals surface area (Å²) in [5.74, 6) is -1.63. The van der Waals surface area contributed by atoms with E-state index < -0.39 is 17.8 Å². The number of carboxylic acid groups (broad SMARTS) is 1. The second-order valence-electron chi connectivity index (χ2n) is 5.87. The molecule has 5 nitrogen and oxygen atoms in total. The Morgan fingerprint density at radius 2 is 1.82 bits per heavy atom.